The van der Waals surface area contributed by atoms with Gasteiger partial charge in [-0.15, -0.1) is 11.3 Å². The van der Waals surface area contributed by atoms with Crippen LogP contribution < -0.4 is 5.32 Å². The first-order valence-corrected chi connectivity index (χ1v) is 6.85. The van der Waals surface area contributed by atoms with Crippen LogP contribution in [-0.4, -0.2) is 17.0 Å². The number of hydrogen-bond acceptors (Lipinski definition) is 3. The Hall–Kier alpha value is -2.47. The van der Waals surface area contributed by atoms with E-state index in [1.54, 1.807) is 6.07 Å². The number of aryl methyl sites for hydroxylation is 1. The van der Waals surface area contributed by atoms with Gasteiger partial charge in [-0.3, -0.25) is 4.79 Å². The second kappa shape index (κ2) is 6.32. The predicted molar refractivity (Wildman–Crippen MR) is 80.1 cm³/mol. The summed E-state index contributed by atoms with van der Waals surface area (Å²) in [6.07, 6.45) is 1.98. The Morgan fingerprint density at radius 1 is 1.29 bits per heavy atom. The van der Waals surface area contributed by atoms with Crippen molar-refractivity contribution in [2.24, 2.45) is 0 Å². The van der Waals surface area contributed by atoms with Crippen LogP contribution in [0.2, 0.25) is 0 Å². The third-order valence-corrected chi connectivity index (χ3v) is 3.62. The molecule has 2 rings (SSSR count). The normalized spacial score (nSPS) is 10.8. The molecule has 0 unspecified atom stereocenters. The molecule has 1 amide bonds. The number of amides is 1. The van der Waals surface area contributed by atoms with Crippen molar-refractivity contribution in [2.75, 3.05) is 5.32 Å². The Morgan fingerprint density at radius 2 is 2.05 bits per heavy atom. The highest BCUT2D eigenvalue weighted by atomic mass is 32.1. The van der Waals surface area contributed by atoms with Gasteiger partial charge in [0.15, 0.2) is 0 Å². The molecule has 2 aromatic rings. The number of halogens is 1. The van der Waals surface area contributed by atoms with Crippen LogP contribution in [0.15, 0.2) is 36.4 Å². The van der Waals surface area contributed by atoms with Crippen molar-refractivity contribution in [3.63, 3.8) is 0 Å². The molecule has 6 heteroatoms. The summed E-state index contributed by atoms with van der Waals surface area (Å²) in [7, 11) is 0. The number of rotatable bonds is 4. The van der Waals surface area contributed by atoms with Crippen LogP contribution in [0.5, 0.6) is 0 Å². The van der Waals surface area contributed by atoms with Crippen molar-refractivity contribution in [3.8, 4) is 0 Å². The minimum Gasteiger partial charge on any atom is -0.478 e. The Kier molecular flexibility index (Phi) is 4.49. The van der Waals surface area contributed by atoms with Gasteiger partial charge in [0, 0.05) is 22.2 Å². The summed E-state index contributed by atoms with van der Waals surface area (Å²) in [5.41, 5.74) is 0.495. The van der Waals surface area contributed by atoms with Gasteiger partial charge in [-0.1, -0.05) is 0 Å². The summed E-state index contributed by atoms with van der Waals surface area (Å²) in [5, 5.41) is 11.2. The summed E-state index contributed by atoms with van der Waals surface area (Å²) in [6, 6.07) is 7.53. The third kappa shape index (κ3) is 4.00. The Labute approximate surface area is 124 Å². The molecule has 108 valence electrons. The lowest BCUT2D eigenvalue weighted by Crippen LogP contribution is -2.10. The van der Waals surface area contributed by atoms with Crippen molar-refractivity contribution < 1.29 is 19.1 Å². The van der Waals surface area contributed by atoms with Crippen LogP contribution in [-0.2, 0) is 4.79 Å². The molecule has 0 aliphatic rings. The molecule has 4 nitrogen and oxygen atoms in total. The summed E-state index contributed by atoms with van der Waals surface area (Å²) < 4.78 is 13.5. The zero-order chi connectivity index (χ0) is 15.4. The van der Waals surface area contributed by atoms with E-state index in [1.165, 1.54) is 29.5 Å². The lowest BCUT2D eigenvalue weighted by Gasteiger charge is -2.05. The maximum atomic E-state index is 13.5. The number of carbonyl (C=O) groups excluding carboxylic acids is 1. The molecule has 0 fully saturated rings. The Bertz CT molecular complexity index is 721. The van der Waals surface area contributed by atoms with Gasteiger partial charge in [-0.25, -0.2) is 9.18 Å². The minimum atomic E-state index is -1.17. The molecule has 0 aliphatic heterocycles. The van der Waals surface area contributed by atoms with E-state index in [2.05, 4.69) is 5.32 Å². The molecule has 0 saturated carbocycles. The van der Waals surface area contributed by atoms with Crippen LogP contribution >= 0.6 is 11.3 Å². The van der Waals surface area contributed by atoms with Crippen LogP contribution in [0.1, 0.15) is 20.1 Å². The van der Waals surface area contributed by atoms with Crippen LogP contribution in [0.4, 0.5) is 10.1 Å². The first-order valence-electron chi connectivity index (χ1n) is 6.04. The fourth-order valence-electron chi connectivity index (χ4n) is 1.66. The highest BCUT2D eigenvalue weighted by Gasteiger charge is 2.09. The predicted octanol–water partition coefficient (Wildman–Crippen LogP) is 3.55. The molecular weight excluding hydrogens is 293 g/mol. The van der Waals surface area contributed by atoms with E-state index in [1.807, 2.05) is 13.0 Å². The van der Waals surface area contributed by atoms with E-state index in [9.17, 15) is 14.0 Å². The van der Waals surface area contributed by atoms with Gasteiger partial charge in [0.05, 0.1) is 4.88 Å². The smallest absolute Gasteiger partial charge is 0.328 e. The molecule has 0 atom stereocenters. The van der Waals surface area contributed by atoms with E-state index in [4.69, 9.17) is 5.11 Å². The van der Waals surface area contributed by atoms with Gasteiger partial charge in [-0.05, 0) is 43.3 Å². The zero-order valence-electron chi connectivity index (χ0n) is 11.1. The number of anilines is 1. The van der Waals surface area contributed by atoms with Crippen molar-refractivity contribution in [1.29, 1.82) is 0 Å². The SMILES string of the molecule is Cc1ccc(C(=O)Nc2ccc(F)c(/C=C/C(=O)O)c2)s1. The molecule has 1 aromatic heterocycles. The standard InChI is InChI=1S/C15H12FNO3S/c1-9-2-6-13(21-9)15(20)17-11-4-5-12(16)10(8-11)3-7-14(18)19/h2-8H,1H3,(H,17,20)(H,18,19)/b7-3+. The number of carboxylic acid groups (broad SMARTS) is 1. The van der Waals surface area contributed by atoms with Crippen LogP contribution in [0.3, 0.4) is 0 Å². The molecule has 0 spiro atoms. The Balaban J connectivity index is 2.19. The highest BCUT2D eigenvalue weighted by Crippen LogP contribution is 2.20. The van der Waals surface area contributed by atoms with Gasteiger partial charge in [-0.2, -0.15) is 0 Å². The first-order chi connectivity index (χ1) is 9.95. The van der Waals surface area contributed by atoms with Gasteiger partial charge in [0.2, 0.25) is 0 Å². The largest absolute Gasteiger partial charge is 0.478 e. The molecule has 0 radical (unpaired) electrons. The minimum absolute atomic E-state index is 0.0950. The molecule has 21 heavy (non-hydrogen) atoms. The average molecular weight is 305 g/mol. The van der Waals surface area contributed by atoms with Gasteiger partial charge >= 0.3 is 5.97 Å². The van der Waals surface area contributed by atoms with Gasteiger partial charge in [0.25, 0.3) is 5.91 Å². The van der Waals surface area contributed by atoms with Crippen LogP contribution in [0, 0.1) is 12.7 Å². The molecule has 0 bridgehead atoms. The second-order valence-corrected chi connectivity index (χ2v) is 5.56. The fraction of sp³-hybridized carbons (Fsp3) is 0.0667. The maximum Gasteiger partial charge on any atom is 0.328 e. The van der Waals surface area contributed by atoms with Crippen molar-refractivity contribution in [2.45, 2.75) is 6.92 Å². The zero-order valence-corrected chi connectivity index (χ0v) is 11.9. The number of benzene rings is 1. The lowest BCUT2D eigenvalue weighted by molar-refractivity contribution is -0.131. The van der Waals surface area contributed by atoms with Crippen molar-refractivity contribution in [3.05, 3.63) is 57.5 Å². The number of hydrogen-bond donors (Lipinski definition) is 2. The maximum absolute atomic E-state index is 13.5. The molecule has 1 aromatic carbocycles. The van der Waals surface area contributed by atoms with E-state index in [0.717, 1.165) is 17.0 Å². The van der Waals surface area contributed by atoms with E-state index < -0.39 is 11.8 Å². The monoisotopic (exact) mass is 305 g/mol. The van der Waals surface area contributed by atoms with Crippen molar-refractivity contribution >= 4 is 35.0 Å². The lowest BCUT2D eigenvalue weighted by atomic mass is 10.1. The number of carboxylic acids is 1. The highest BCUT2D eigenvalue weighted by molar-refractivity contribution is 7.14. The summed E-state index contributed by atoms with van der Waals surface area (Å²) in [4.78, 5) is 24.0. The molecule has 2 N–H and O–H groups in total. The Morgan fingerprint density at radius 3 is 2.67 bits per heavy atom. The second-order valence-electron chi connectivity index (χ2n) is 4.27. The molecule has 1 heterocycles. The van der Waals surface area contributed by atoms with Gasteiger partial charge < -0.3 is 10.4 Å². The number of carbonyl (C=O) groups is 2. The van der Waals surface area contributed by atoms with E-state index in [0.29, 0.717) is 10.6 Å². The van der Waals surface area contributed by atoms with E-state index in [-0.39, 0.29) is 11.5 Å². The van der Waals surface area contributed by atoms with E-state index >= 15 is 0 Å². The summed E-state index contributed by atoms with van der Waals surface area (Å²) >= 11 is 1.36. The molecule has 0 aliphatic carbocycles. The quantitative estimate of drug-likeness (QED) is 0.849. The summed E-state index contributed by atoms with van der Waals surface area (Å²) in [5.74, 6) is -2.01. The first kappa shape index (κ1) is 14.9. The number of nitrogens with one attached hydrogen (secondary N) is 1. The fourth-order valence-corrected chi connectivity index (χ4v) is 2.42. The molecule has 0 saturated heterocycles. The van der Waals surface area contributed by atoms with Gasteiger partial charge in [0.1, 0.15) is 5.82 Å². The number of thiophene rings is 1. The summed E-state index contributed by atoms with van der Waals surface area (Å²) in [6.45, 7) is 1.90. The number of aliphatic carboxylic acids is 1. The van der Waals surface area contributed by atoms with Crippen LogP contribution in [0.25, 0.3) is 6.08 Å². The average Bonchev–Trinajstić information content (AvgIpc) is 2.86. The molecular formula is C15H12FNO3S. The third-order valence-electron chi connectivity index (χ3n) is 2.62. The topological polar surface area (TPSA) is 66.4 Å². The van der Waals surface area contributed by atoms with Crippen molar-refractivity contribution in [1.82, 2.24) is 0 Å².